The second kappa shape index (κ2) is 10.4. The fourth-order valence-electron chi connectivity index (χ4n) is 0.969. The number of hydrogen-bond acceptors (Lipinski definition) is 1. The van der Waals surface area contributed by atoms with E-state index in [1.807, 2.05) is 0 Å². The molecule has 1 heterocycles. The van der Waals surface area contributed by atoms with Crippen molar-refractivity contribution in [3.63, 3.8) is 0 Å². The van der Waals surface area contributed by atoms with E-state index in [1.165, 1.54) is 50.5 Å². The minimum atomic E-state index is 1.17. The molecule has 0 amide bonds. The van der Waals surface area contributed by atoms with Crippen molar-refractivity contribution in [1.29, 1.82) is 0 Å². The fraction of sp³-hybridized carbons (Fsp3) is 1.00. The monoisotopic (exact) mass is 221 g/mol. The smallest absolute Gasteiger partial charge is 0.00313 e. The van der Waals surface area contributed by atoms with Crippen LogP contribution < -0.4 is 5.32 Å². The molecule has 0 aromatic heterocycles. The first-order valence-corrected chi connectivity index (χ1v) is 5.80. The van der Waals surface area contributed by atoms with Crippen molar-refractivity contribution in [2.24, 2.45) is 0 Å². The highest BCUT2D eigenvalue weighted by molar-refractivity contribution is 9.09. The predicted octanol–water partition coefficient (Wildman–Crippen LogP) is 2.94. The maximum Gasteiger partial charge on any atom is 0.00313 e. The second-order valence-corrected chi connectivity index (χ2v) is 3.65. The molecule has 0 aliphatic carbocycles. The highest BCUT2D eigenvalue weighted by Gasteiger charge is 1.93. The van der Waals surface area contributed by atoms with Crippen LogP contribution in [0.25, 0.3) is 0 Å². The van der Waals surface area contributed by atoms with Crippen LogP contribution in [-0.4, -0.2) is 18.4 Å². The molecule has 1 saturated heterocycles. The molecule has 1 fully saturated rings. The van der Waals surface area contributed by atoms with E-state index in [9.17, 15) is 0 Å². The van der Waals surface area contributed by atoms with Crippen LogP contribution in [0.3, 0.4) is 0 Å². The van der Waals surface area contributed by atoms with Gasteiger partial charge >= 0.3 is 0 Å². The third-order valence-electron chi connectivity index (χ3n) is 1.69. The van der Waals surface area contributed by atoms with E-state index < -0.39 is 0 Å². The summed E-state index contributed by atoms with van der Waals surface area (Å²) in [4.78, 5) is 0. The predicted molar refractivity (Wildman–Crippen MR) is 55.4 cm³/mol. The van der Waals surface area contributed by atoms with E-state index in [4.69, 9.17) is 0 Å². The van der Waals surface area contributed by atoms with Crippen molar-refractivity contribution in [3.05, 3.63) is 0 Å². The lowest BCUT2D eigenvalue weighted by Crippen LogP contribution is -2.03. The Morgan fingerprint density at radius 2 is 1.82 bits per heavy atom. The third-order valence-corrected chi connectivity index (χ3v) is 2.26. The molecule has 0 radical (unpaired) electrons. The maximum absolute atomic E-state index is 3.35. The molecule has 0 unspecified atom stereocenters. The lowest BCUT2D eigenvalue weighted by molar-refractivity contribution is 0.781. The first-order chi connectivity index (χ1) is 5.41. The number of hydrogen-bond donors (Lipinski definition) is 1. The molecule has 0 atom stereocenters. The van der Waals surface area contributed by atoms with Gasteiger partial charge in [-0.15, -0.1) is 0 Å². The zero-order chi connectivity index (χ0) is 8.36. The molecule has 0 bridgehead atoms. The summed E-state index contributed by atoms with van der Waals surface area (Å²) in [5.41, 5.74) is 0. The van der Waals surface area contributed by atoms with Gasteiger partial charge in [0.15, 0.2) is 0 Å². The number of rotatable bonds is 3. The standard InChI is InChI=1S/C5H11Br.C4H9N/c1-2-3-4-5-6;1-2-4-5-3-1/h2-5H2,1H3;5H,1-4H2. The van der Waals surface area contributed by atoms with Crippen molar-refractivity contribution in [2.45, 2.75) is 39.0 Å². The molecule has 1 nitrogen and oxygen atoms in total. The lowest BCUT2D eigenvalue weighted by atomic mass is 10.3. The van der Waals surface area contributed by atoms with Gasteiger partial charge in [0.05, 0.1) is 0 Å². The normalized spacial score (nSPS) is 15.8. The highest BCUT2D eigenvalue weighted by Crippen LogP contribution is 1.95. The third kappa shape index (κ3) is 10.4. The van der Waals surface area contributed by atoms with E-state index >= 15 is 0 Å². The lowest BCUT2D eigenvalue weighted by Gasteiger charge is -1.85. The minimum absolute atomic E-state index is 1.17. The van der Waals surface area contributed by atoms with Gasteiger partial charge in [-0.05, 0) is 32.4 Å². The van der Waals surface area contributed by atoms with Gasteiger partial charge in [0, 0.05) is 5.33 Å². The molecule has 1 N–H and O–H groups in total. The Bertz CT molecular complexity index is 51.0. The van der Waals surface area contributed by atoms with Crippen LogP contribution >= 0.6 is 15.9 Å². The average molecular weight is 222 g/mol. The Labute approximate surface area is 79.1 Å². The molecular formula is C9H20BrN. The summed E-state index contributed by atoms with van der Waals surface area (Å²) >= 11 is 3.35. The first-order valence-electron chi connectivity index (χ1n) is 4.68. The van der Waals surface area contributed by atoms with Gasteiger partial charge in [0.25, 0.3) is 0 Å². The molecular weight excluding hydrogens is 202 g/mol. The van der Waals surface area contributed by atoms with Gasteiger partial charge in [-0.3, -0.25) is 0 Å². The van der Waals surface area contributed by atoms with Crippen LogP contribution in [-0.2, 0) is 0 Å². The second-order valence-electron chi connectivity index (χ2n) is 2.85. The fourth-order valence-corrected chi connectivity index (χ4v) is 1.37. The van der Waals surface area contributed by atoms with Gasteiger partial charge in [0.2, 0.25) is 0 Å². The van der Waals surface area contributed by atoms with Crippen LogP contribution in [0.1, 0.15) is 39.0 Å². The number of nitrogens with one attached hydrogen (secondary N) is 1. The van der Waals surface area contributed by atoms with Crippen LogP contribution in [0.5, 0.6) is 0 Å². The maximum atomic E-state index is 3.35. The summed E-state index contributed by atoms with van der Waals surface area (Å²) < 4.78 is 0. The highest BCUT2D eigenvalue weighted by atomic mass is 79.9. The number of unbranched alkanes of at least 4 members (excludes halogenated alkanes) is 2. The molecule has 68 valence electrons. The molecule has 2 heteroatoms. The Morgan fingerprint density at radius 1 is 1.18 bits per heavy atom. The summed E-state index contributed by atoms with van der Waals surface area (Å²) in [6.07, 6.45) is 6.80. The Balaban J connectivity index is 0.000000183. The van der Waals surface area contributed by atoms with Gasteiger partial charge in [-0.2, -0.15) is 0 Å². The summed E-state index contributed by atoms with van der Waals surface area (Å²) in [6, 6.07) is 0. The van der Waals surface area contributed by atoms with Gasteiger partial charge < -0.3 is 5.32 Å². The Morgan fingerprint density at radius 3 is 2.00 bits per heavy atom. The largest absolute Gasteiger partial charge is 0.317 e. The van der Waals surface area contributed by atoms with E-state index in [2.05, 4.69) is 28.2 Å². The molecule has 0 spiro atoms. The topological polar surface area (TPSA) is 12.0 Å². The zero-order valence-electron chi connectivity index (χ0n) is 7.53. The molecule has 1 aliphatic rings. The molecule has 0 aromatic rings. The number of halogens is 1. The summed E-state index contributed by atoms with van der Waals surface area (Å²) in [5, 5.41) is 4.39. The van der Waals surface area contributed by atoms with Crippen LogP contribution in [0.4, 0.5) is 0 Å². The first kappa shape index (κ1) is 11.4. The van der Waals surface area contributed by atoms with E-state index in [1.54, 1.807) is 0 Å². The minimum Gasteiger partial charge on any atom is -0.317 e. The van der Waals surface area contributed by atoms with E-state index in [0.29, 0.717) is 0 Å². The Hall–Kier alpha value is 0.440. The quantitative estimate of drug-likeness (QED) is 0.571. The summed E-state index contributed by atoms with van der Waals surface area (Å²) in [6.45, 7) is 4.71. The number of alkyl halides is 1. The average Bonchev–Trinajstić information content (AvgIpc) is 2.57. The molecule has 0 saturated carbocycles. The zero-order valence-corrected chi connectivity index (χ0v) is 9.12. The van der Waals surface area contributed by atoms with Crippen molar-refractivity contribution < 1.29 is 0 Å². The SMILES string of the molecule is C1CCNC1.CCCCCBr. The van der Waals surface area contributed by atoms with Crippen LogP contribution in [0.2, 0.25) is 0 Å². The van der Waals surface area contributed by atoms with Gasteiger partial charge in [0.1, 0.15) is 0 Å². The van der Waals surface area contributed by atoms with E-state index in [0.717, 1.165) is 0 Å². The van der Waals surface area contributed by atoms with Crippen molar-refractivity contribution in [2.75, 3.05) is 18.4 Å². The van der Waals surface area contributed by atoms with Gasteiger partial charge in [-0.1, -0.05) is 35.7 Å². The van der Waals surface area contributed by atoms with Crippen molar-refractivity contribution in [1.82, 2.24) is 5.32 Å². The van der Waals surface area contributed by atoms with Crippen LogP contribution in [0, 0.1) is 0 Å². The van der Waals surface area contributed by atoms with Crippen molar-refractivity contribution >= 4 is 15.9 Å². The van der Waals surface area contributed by atoms with E-state index in [-0.39, 0.29) is 0 Å². The molecule has 0 aromatic carbocycles. The summed E-state index contributed by atoms with van der Waals surface area (Å²) in [5.74, 6) is 0. The molecule has 11 heavy (non-hydrogen) atoms. The summed E-state index contributed by atoms with van der Waals surface area (Å²) in [7, 11) is 0. The molecule has 1 aliphatic heterocycles. The molecule has 1 rings (SSSR count). The van der Waals surface area contributed by atoms with Crippen molar-refractivity contribution in [3.8, 4) is 0 Å². The van der Waals surface area contributed by atoms with Gasteiger partial charge in [-0.25, -0.2) is 0 Å². The van der Waals surface area contributed by atoms with Crippen LogP contribution in [0.15, 0.2) is 0 Å². The Kier molecular flexibility index (Phi) is 10.9.